The van der Waals surface area contributed by atoms with E-state index in [1.165, 1.54) is 0 Å². The lowest BCUT2D eigenvalue weighted by Crippen LogP contribution is -2.29. The van der Waals surface area contributed by atoms with E-state index >= 15 is 0 Å². The Labute approximate surface area is 124 Å². The molecule has 4 nitrogen and oxygen atoms in total. The second-order valence-corrected chi connectivity index (χ2v) is 5.70. The predicted octanol–water partition coefficient (Wildman–Crippen LogP) is 3.82. The Hall–Kier alpha value is -2.36. The summed E-state index contributed by atoms with van der Waals surface area (Å²) in [5.41, 5.74) is 2.67. The second-order valence-electron chi connectivity index (χ2n) is 5.70. The van der Waals surface area contributed by atoms with Crippen LogP contribution in [0.5, 0.6) is 17.2 Å². The van der Waals surface area contributed by atoms with E-state index in [2.05, 4.69) is 5.32 Å². The van der Waals surface area contributed by atoms with Gasteiger partial charge in [-0.3, -0.25) is 0 Å². The number of aryl methyl sites for hydroxylation is 1. The lowest BCUT2D eigenvalue weighted by atomic mass is 10.1. The van der Waals surface area contributed by atoms with Crippen molar-refractivity contribution in [1.82, 2.24) is 0 Å². The number of rotatable bonds is 3. The first-order chi connectivity index (χ1) is 9.94. The highest BCUT2D eigenvalue weighted by Gasteiger charge is 2.31. The summed E-state index contributed by atoms with van der Waals surface area (Å²) in [6, 6.07) is 11.5. The Bertz CT molecular complexity index is 680. The van der Waals surface area contributed by atoms with Crippen molar-refractivity contribution in [3.05, 3.63) is 47.5 Å². The molecule has 21 heavy (non-hydrogen) atoms. The first-order valence-electron chi connectivity index (χ1n) is 6.98. The average molecular weight is 285 g/mol. The largest absolute Gasteiger partial charge is 0.507 e. The maximum absolute atomic E-state index is 10.0. The van der Waals surface area contributed by atoms with E-state index in [1.807, 2.05) is 57.2 Å². The van der Waals surface area contributed by atoms with Gasteiger partial charge in [0.1, 0.15) is 5.75 Å². The number of benzene rings is 2. The number of phenolic OH excluding ortho intramolecular Hbond substituents is 1. The molecule has 3 rings (SSSR count). The molecule has 0 unspecified atom stereocenters. The van der Waals surface area contributed by atoms with Gasteiger partial charge in [0, 0.05) is 37.7 Å². The summed E-state index contributed by atoms with van der Waals surface area (Å²) in [7, 11) is 0. The standard InChI is InChI=1S/C17H19NO3/c1-11-5-4-6-12(16(11)19)10-18-13-7-8-14-15(9-13)21-17(2,3)20-14/h4-9,18-19H,10H2,1-3H3. The lowest BCUT2D eigenvalue weighted by molar-refractivity contribution is -0.0431. The number of hydrogen-bond donors (Lipinski definition) is 2. The minimum atomic E-state index is -0.615. The highest BCUT2D eigenvalue weighted by molar-refractivity contribution is 5.56. The van der Waals surface area contributed by atoms with Crippen LogP contribution in [-0.4, -0.2) is 10.9 Å². The molecular formula is C17H19NO3. The van der Waals surface area contributed by atoms with Gasteiger partial charge in [0.2, 0.25) is 5.79 Å². The number of phenols is 1. The van der Waals surface area contributed by atoms with Crippen LogP contribution in [0.25, 0.3) is 0 Å². The number of anilines is 1. The van der Waals surface area contributed by atoms with Gasteiger partial charge in [0.25, 0.3) is 0 Å². The van der Waals surface area contributed by atoms with Gasteiger partial charge in [-0.1, -0.05) is 18.2 Å². The highest BCUT2D eigenvalue weighted by atomic mass is 16.7. The van der Waals surface area contributed by atoms with E-state index < -0.39 is 5.79 Å². The minimum Gasteiger partial charge on any atom is -0.507 e. The Morgan fingerprint density at radius 2 is 1.86 bits per heavy atom. The molecular weight excluding hydrogens is 266 g/mol. The van der Waals surface area contributed by atoms with Crippen molar-refractivity contribution >= 4 is 5.69 Å². The van der Waals surface area contributed by atoms with Crippen molar-refractivity contribution in [3.8, 4) is 17.2 Å². The monoisotopic (exact) mass is 285 g/mol. The molecule has 1 heterocycles. The van der Waals surface area contributed by atoms with Crippen LogP contribution in [0.1, 0.15) is 25.0 Å². The van der Waals surface area contributed by atoms with Crippen molar-refractivity contribution < 1.29 is 14.6 Å². The Kier molecular flexibility index (Phi) is 3.16. The molecule has 0 saturated heterocycles. The van der Waals surface area contributed by atoms with E-state index in [0.717, 1.165) is 28.3 Å². The zero-order valence-corrected chi connectivity index (χ0v) is 12.4. The van der Waals surface area contributed by atoms with Crippen molar-refractivity contribution in [3.63, 3.8) is 0 Å². The van der Waals surface area contributed by atoms with Gasteiger partial charge in [-0.05, 0) is 24.6 Å². The van der Waals surface area contributed by atoms with Crippen LogP contribution >= 0.6 is 0 Å². The summed E-state index contributed by atoms with van der Waals surface area (Å²) >= 11 is 0. The molecule has 4 heteroatoms. The molecule has 2 aromatic rings. The molecule has 1 aliphatic rings. The number of aromatic hydroxyl groups is 1. The highest BCUT2D eigenvalue weighted by Crippen LogP contribution is 2.40. The van der Waals surface area contributed by atoms with Crippen molar-refractivity contribution in [2.24, 2.45) is 0 Å². The third-order valence-electron chi connectivity index (χ3n) is 3.46. The zero-order chi connectivity index (χ0) is 15.0. The van der Waals surface area contributed by atoms with Crippen molar-refractivity contribution in [2.45, 2.75) is 33.1 Å². The molecule has 0 amide bonds. The summed E-state index contributed by atoms with van der Waals surface area (Å²) in [5.74, 6) is 1.21. The number of nitrogens with one attached hydrogen (secondary N) is 1. The van der Waals surface area contributed by atoms with E-state index in [4.69, 9.17) is 9.47 Å². The fourth-order valence-corrected chi connectivity index (χ4v) is 2.39. The minimum absolute atomic E-state index is 0.340. The van der Waals surface area contributed by atoms with Crippen LogP contribution in [0.15, 0.2) is 36.4 Å². The van der Waals surface area contributed by atoms with Gasteiger partial charge < -0.3 is 19.9 Å². The molecule has 0 radical (unpaired) electrons. The average Bonchev–Trinajstić information content (AvgIpc) is 2.73. The molecule has 2 aromatic carbocycles. The number of ether oxygens (including phenoxy) is 2. The summed E-state index contributed by atoms with van der Waals surface area (Å²) in [6.07, 6.45) is 0. The molecule has 0 aromatic heterocycles. The summed E-state index contributed by atoms with van der Waals surface area (Å²) in [5, 5.41) is 13.3. The first-order valence-corrected chi connectivity index (χ1v) is 6.98. The maximum atomic E-state index is 10.0. The number of hydrogen-bond acceptors (Lipinski definition) is 4. The van der Waals surface area contributed by atoms with Crippen LogP contribution in [0.4, 0.5) is 5.69 Å². The molecule has 1 aliphatic heterocycles. The third-order valence-corrected chi connectivity index (χ3v) is 3.46. The maximum Gasteiger partial charge on any atom is 0.246 e. The lowest BCUT2D eigenvalue weighted by Gasteiger charge is -2.16. The molecule has 0 spiro atoms. The van der Waals surface area contributed by atoms with Crippen LogP contribution in [0, 0.1) is 6.92 Å². The molecule has 0 saturated carbocycles. The van der Waals surface area contributed by atoms with Crippen LogP contribution in [-0.2, 0) is 6.54 Å². The molecule has 110 valence electrons. The Morgan fingerprint density at radius 3 is 2.67 bits per heavy atom. The van der Waals surface area contributed by atoms with Gasteiger partial charge >= 0.3 is 0 Å². The van der Waals surface area contributed by atoms with E-state index in [-0.39, 0.29) is 0 Å². The smallest absolute Gasteiger partial charge is 0.246 e. The fraction of sp³-hybridized carbons (Fsp3) is 0.294. The molecule has 0 aliphatic carbocycles. The third kappa shape index (κ3) is 2.75. The summed E-state index contributed by atoms with van der Waals surface area (Å²) in [6.45, 7) is 6.20. The van der Waals surface area contributed by atoms with Gasteiger partial charge in [0.15, 0.2) is 11.5 Å². The second kappa shape index (κ2) is 4.88. The normalized spacial score (nSPS) is 15.0. The fourth-order valence-electron chi connectivity index (χ4n) is 2.39. The SMILES string of the molecule is Cc1cccc(CNc2ccc3c(c2)OC(C)(C)O3)c1O. The van der Waals surface area contributed by atoms with Gasteiger partial charge in [-0.2, -0.15) is 0 Å². The van der Waals surface area contributed by atoms with Crippen LogP contribution < -0.4 is 14.8 Å². The van der Waals surface area contributed by atoms with E-state index in [9.17, 15) is 5.11 Å². The summed E-state index contributed by atoms with van der Waals surface area (Å²) < 4.78 is 11.4. The first kappa shape index (κ1) is 13.6. The van der Waals surface area contributed by atoms with Gasteiger partial charge in [0.05, 0.1) is 0 Å². The van der Waals surface area contributed by atoms with E-state index in [0.29, 0.717) is 12.3 Å². The molecule has 0 atom stereocenters. The molecule has 0 fully saturated rings. The van der Waals surface area contributed by atoms with Crippen molar-refractivity contribution in [2.75, 3.05) is 5.32 Å². The zero-order valence-electron chi connectivity index (χ0n) is 12.4. The van der Waals surface area contributed by atoms with Gasteiger partial charge in [-0.25, -0.2) is 0 Å². The van der Waals surface area contributed by atoms with E-state index in [1.54, 1.807) is 0 Å². The quantitative estimate of drug-likeness (QED) is 0.900. The van der Waals surface area contributed by atoms with Crippen LogP contribution in [0.3, 0.4) is 0 Å². The van der Waals surface area contributed by atoms with Crippen molar-refractivity contribution in [1.29, 1.82) is 0 Å². The summed E-state index contributed by atoms with van der Waals surface area (Å²) in [4.78, 5) is 0. The Balaban J connectivity index is 1.74. The van der Waals surface area contributed by atoms with Gasteiger partial charge in [-0.15, -0.1) is 0 Å². The molecule has 2 N–H and O–H groups in total. The Morgan fingerprint density at radius 1 is 1.10 bits per heavy atom. The number of fused-ring (bicyclic) bond motifs is 1. The predicted molar refractivity (Wildman–Crippen MR) is 81.9 cm³/mol. The topological polar surface area (TPSA) is 50.7 Å². The van der Waals surface area contributed by atoms with Crippen LogP contribution in [0.2, 0.25) is 0 Å². The molecule has 0 bridgehead atoms. The number of para-hydroxylation sites is 1.